The van der Waals surface area contributed by atoms with Gasteiger partial charge in [-0.2, -0.15) is 18.2 Å². The third-order valence-corrected chi connectivity index (χ3v) is 6.12. The van der Waals surface area contributed by atoms with Crippen molar-refractivity contribution in [2.75, 3.05) is 13.6 Å². The summed E-state index contributed by atoms with van der Waals surface area (Å²) in [4.78, 5) is 17.1. The van der Waals surface area contributed by atoms with Gasteiger partial charge in [-0.15, -0.1) is 0 Å². The maximum absolute atomic E-state index is 13.5. The van der Waals surface area contributed by atoms with Crippen LogP contribution in [0, 0.1) is 6.92 Å². The Kier molecular flexibility index (Phi) is 6.94. The first-order valence-corrected chi connectivity index (χ1v) is 11.2. The van der Waals surface area contributed by atoms with Gasteiger partial charge in [-0.1, -0.05) is 53.7 Å². The highest BCUT2D eigenvalue weighted by atomic mass is 19.4. The number of nitrogens with zero attached hydrogens (tertiary/aromatic N) is 3. The molecule has 4 rings (SSSR count). The maximum atomic E-state index is 13.5. The number of rotatable bonds is 7. The van der Waals surface area contributed by atoms with Crippen molar-refractivity contribution in [1.82, 2.24) is 15.0 Å². The van der Waals surface area contributed by atoms with Crippen LogP contribution in [0.5, 0.6) is 0 Å². The molecule has 1 N–H and O–H groups in total. The molecule has 1 atom stereocenters. The number of aryl methyl sites for hydroxylation is 1. The zero-order valence-corrected chi connectivity index (χ0v) is 19.9. The Hall–Kier alpha value is -3.98. The van der Waals surface area contributed by atoms with Crippen LogP contribution in [0.15, 0.2) is 71.3 Å². The van der Waals surface area contributed by atoms with Gasteiger partial charge in [0.15, 0.2) is 0 Å². The predicted molar refractivity (Wildman–Crippen MR) is 129 cm³/mol. The highest BCUT2D eigenvalue weighted by molar-refractivity contribution is 5.74. The van der Waals surface area contributed by atoms with Crippen LogP contribution in [-0.2, 0) is 11.0 Å². The van der Waals surface area contributed by atoms with E-state index in [1.54, 1.807) is 43.1 Å². The lowest BCUT2D eigenvalue weighted by Crippen LogP contribution is -2.28. The van der Waals surface area contributed by atoms with E-state index in [9.17, 15) is 18.0 Å². The number of likely N-dealkylation sites (N-methyl/N-ethyl adjacent to an activating group) is 1. The van der Waals surface area contributed by atoms with E-state index < -0.39 is 17.7 Å². The quantitative estimate of drug-likeness (QED) is 0.316. The van der Waals surface area contributed by atoms with Crippen LogP contribution < -0.4 is 0 Å². The summed E-state index contributed by atoms with van der Waals surface area (Å²) in [5.41, 5.74) is 2.80. The molecule has 0 spiro atoms. The lowest BCUT2D eigenvalue weighted by molar-refractivity contribution is -0.138. The zero-order valence-electron chi connectivity index (χ0n) is 19.9. The van der Waals surface area contributed by atoms with Crippen LogP contribution in [0.3, 0.4) is 0 Å². The molecule has 6 nitrogen and oxygen atoms in total. The molecule has 0 aliphatic rings. The Morgan fingerprint density at radius 3 is 2.33 bits per heavy atom. The molecule has 1 aromatic heterocycles. The zero-order chi connectivity index (χ0) is 26.0. The summed E-state index contributed by atoms with van der Waals surface area (Å²) in [6, 6.07) is 17.8. The first-order chi connectivity index (χ1) is 17.0. The van der Waals surface area contributed by atoms with Gasteiger partial charge in [0.1, 0.15) is 0 Å². The number of aliphatic carboxylic acids is 1. The van der Waals surface area contributed by atoms with Crippen molar-refractivity contribution < 1.29 is 27.6 Å². The molecule has 0 saturated heterocycles. The third kappa shape index (κ3) is 5.31. The second-order valence-electron chi connectivity index (χ2n) is 8.60. The van der Waals surface area contributed by atoms with Gasteiger partial charge in [0.05, 0.1) is 12.1 Å². The van der Waals surface area contributed by atoms with Crippen molar-refractivity contribution in [3.63, 3.8) is 0 Å². The van der Waals surface area contributed by atoms with E-state index in [2.05, 4.69) is 10.1 Å². The summed E-state index contributed by atoms with van der Waals surface area (Å²) in [7, 11) is 1.74. The average Bonchev–Trinajstić information content (AvgIpc) is 3.33. The molecule has 3 aromatic carbocycles. The lowest BCUT2D eigenvalue weighted by Gasteiger charge is -2.23. The van der Waals surface area contributed by atoms with E-state index in [-0.39, 0.29) is 24.0 Å². The largest absolute Gasteiger partial charge is 0.480 e. The molecule has 0 amide bonds. The summed E-state index contributed by atoms with van der Waals surface area (Å²) in [5.74, 6) is -0.275. The van der Waals surface area contributed by atoms with Crippen molar-refractivity contribution in [2.45, 2.75) is 26.1 Å². The predicted octanol–water partition coefficient (Wildman–Crippen LogP) is 6.48. The number of hydrogen-bond acceptors (Lipinski definition) is 5. The third-order valence-electron chi connectivity index (χ3n) is 6.12. The molecule has 0 aliphatic carbocycles. The normalized spacial score (nSPS) is 12.6. The highest BCUT2D eigenvalue weighted by Gasteiger charge is 2.33. The van der Waals surface area contributed by atoms with Gasteiger partial charge in [-0.05, 0) is 61.3 Å². The molecule has 4 aromatic rings. The number of alkyl halides is 3. The molecule has 0 bridgehead atoms. The van der Waals surface area contributed by atoms with Crippen molar-refractivity contribution in [1.29, 1.82) is 0 Å². The second-order valence-corrected chi connectivity index (χ2v) is 8.60. The second kappa shape index (κ2) is 9.94. The molecule has 36 heavy (non-hydrogen) atoms. The summed E-state index contributed by atoms with van der Waals surface area (Å²) >= 11 is 0. The Bertz CT molecular complexity index is 1380. The van der Waals surface area contributed by atoms with E-state index in [0.717, 1.165) is 11.6 Å². The van der Waals surface area contributed by atoms with E-state index in [4.69, 9.17) is 9.63 Å². The summed E-state index contributed by atoms with van der Waals surface area (Å²) in [6.07, 6.45) is -4.46. The van der Waals surface area contributed by atoms with E-state index >= 15 is 0 Å². The fraction of sp³-hybridized carbons (Fsp3) is 0.222. The minimum atomic E-state index is -4.46. The molecule has 0 aliphatic heterocycles. The van der Waals surface area contributed by atoms with Crippen LogP contribution in [0.4, 0.5) is 13.2 Å². The fourth-order valence-electron chi connectivity index (χ4n) is 4.04. The summed E-state index contributed by atoms with van der Waals surface area (Å²) in [5, 5.41) is 13.0. The van der Waals surface area contributed by atoms with Crippen LogP contribution in [0.1, 0.15) is 29.7 Å². The molecule has 0 unspecified atom stereocenters. The molecule has 186 valence electrons. The minimum Gasteiger partial charge on any atom is -0.480 e. The number of aromatic nitrogens is 2. The smallest absolute Gasteiger partial charge is 0.417 e. The van der Waals surface area contributed by atoms with Gasteiger partial charge < -0.3 is 9.63 Å². The van der Waals surface area contributed by atoms with Gasteiger partial charge in [-0.25, -0.2) is 0 Å². The Morgan fingerprint density at radius 2 is 1.69 bits per heavy atom. The van der Waals surface area contributed by atoms with E-state index in [1.807, 2.05) is 31.2 Å². The fourth-order valence-corrected chi connectivity index (χ4v) is 4.04. The SMILES string of the molecule is Cc1cc(-c2nc(-c3ccc([C@H](C)N(C)CC(=O)O)cc3)no2)ccc1-c1ccccc1C(F)(F)F. The number of benzene rings is 3. The van der Waals surface area contributed by atoms with Crippen molar-refractivity contribution in [2.24, 2.45) is 0 Å². The number of halogens is 3. The standard InChI is InChI=1S/C27H24F3N3O3/c1-16-14-20(12-13-21(16)22-6-4-5-7-23(22)27(28,29)30)26-31-25(32-36-26)19-10-8-18(9-11-19)17(2)33(3)15-24(34)35/h4-14,17H,15H2,1-3H3,(H,34,35)/t17-/m0/s1. The molecule has 9 heteroatoms. The van der Waals surface area contributed by atoms with Crippen LogP contribution >= 0.6 is 0 Å². The van der Waals surface area contributed by atoms with E-state index in [0.29, 0.717) is 28.1 Å². The Balaban J connectivity index is 1.57. The molecule has 1 heterocycles. The summed E-state index contributed by atoms with van der Waals surface area (Å²) < 4.78 is 45.8. The monoisotopic (exact) mass is 495 g/mol. The maximum Gasteiger partial charge on any atom is 0.417 e. The van der Waals surface area contributed by atoms with Crippen LogP contribution in [0.25, 0.3) is 34.0 Å². The average molecular weight is 496 g/mol. The van der Waals surface area contributed by atoms with Crippen molar-refractivity contribution in [3.8, 4) is 34.0 Å². The molecular weight excluding hydrogens is 471 g/mol. The van der Waals surface area contributed by atoms with Crippen LogP contribution in [0.2, 0.25) is 0 Å². The van der Waals surface area contributed by atoms with Crippen molar-refractivity contribution >= 4 is 5.97 Å². The van der Waals surface area contributed by atoms with E-state index in [1.165, 1.54) is 12.1 Å². The van der Waals surface area contributed by atoms with Gasteiger partial charge >= 0.3 is 12.1 Å². The first-order valence-electron chi connectivity index (χ1n) is 11.2. The van der Waals surface area contributed by atoms with Gasteiger partial charge in [0.25, 0.3) is 5.89 Å². The number of carboxylic acids is 1. The Morgan fingerprint density at radius 1 is 1.03 bits per heavy atom. The van der Waals surface area contributed by atoms with Crippen LogP contribution in [-0.4, -0.2) is 39.7 Å². The number of carbonyl (C=O) groups is 1. The molecular formula is C27H24F3N3O3. The van der Waals surface area contributed by atoms with Crippen molar-refractivity contribution in [3.05, 3.63) is 83.4 Å². The minimum absolute atomic E-state index is 0.0723. The molecule has 0 saturated carbocycles. The number of carboxylic acid groups (broad SMARTS) is 1. The van der Waals surface area contributed by atoms with Gasteiger partial charge in [-0.3, -0.25) is 9.69 Å². The highest BCUT2D eigenvalue weighted by Crippen LogP contribution is 2.39. The summed E-state index contributed by atoms with van der Waals surface area (Å²) in [6.45, 7) is 3.59. The topological polar surface area (TPSA) is 79.5 Å². The van der Waals surface area contributed by atoms with Gasteiger partial charge in [0, 0.05) is 17.2 Å². The molecule has 0 fully saturated rings. The Labute approximate surface area is 206 Å². The first kappa shape index (κ1) is 25.1. The number of hydrogen-bond donors (Lipinski definition) is 1. The molecule has 0 radical (unpaired) electrons. The lowest BCUT2D eigenvalue weighted by atomic mass is 9.94. The van der Waals surface area contributed by atoms with Gasteiger partial charge in [0.2, 0.25) is 5.82 Å².